The number of methoxy groups -OCH3 is 1. The number of thioether (sulfide) groups is 1. The Hall–Kier alpha value is -2.73. The van der Waals surface area contributed by atoms with Crippen LogP contribution < -0.4 is 15.2 Å². The van der Waals surface area contributed by atoms with E-state index in [0.29, 0.717) is 11.4 Å². The summed E-state index contributed by atoms with van der Waals surface area (Å²) in [4.78, 5) is 28.5. The number of aromatic nitrogens is 1. The van der Waals surface area contributed by atoms with Crippen molar-refractivity contribution in [3.63, 3.8) is 0 Å². The van der Waals surface area contributed by atoms with E-state index in [-0.39, 0.29) is 11.1 Å². The first-order valence-corrected chi connectivity index (χ1v) is 9.30. The van der Waals surface area contributed by atoms with Gasteiger partial charge in [-0.15, -0.1) is 11.8 Å². The summed E-state index contributed by atoms with van der Waals surface area (Å²) in [6.45, 7) is 0. The van der Waals surface area contributed by atoms with E-state index in [1.165, 1.54) is 16.6 Å². The molecule has 0 fully saturated rings. The van der Waals surface area contributed by atoms with E-state index in [9.17, 15) is 9.59 Å². The zero-order valence-corrected chi connectivity index (χ0v) is 16.0. The number of ether oxygens (including phenoxy) is 1. The number of para-hydroxylation sites is 1. The van der Waals surface area contributed by atoms with E-state index in [0.717, 1.165) is 15.8 Å². The zero-order valence-electron chi connectivity index (χ0n) is 15.1. The molecule has 0 bridgehead atoms. The molecular formula is C20H20N2O3S. The SMILES string of the molecule is COc1c(C(=O)N(C)c2ccccc2)c(=O)n(C)c2ccc(SC)cc12. The van der Waals surface area contributed by atoms with Gasteiger partial charge in [-0.05, 0) is 36.6 Å². The molecule has 5 nitrogen and oxygen atoms in total. The first kappa shape index (κ1) is 18.1. The van der Waals surface area contributed by atoms with Crippen LogP contribution >= 0.6 is 11.8 Å². The van der Waals surface area contributed by atoms with Crippen molar-refractivity contribution in [1.29, 1.82) is 0 Å². The third kappa shape index (κ3) is 2.97. The van der Waals surface area contributed by atoms with Gasteiger partial charge < -0.3 is 14.2 Å². The van der Waals surface area contributed by atoms with Crippen LogP contribution in [-0.2, 0) is 7.05 Å². The van der Waals surface area contributed by atoms with Crippen molar-refractivity contribution in [3.05, 3.63) is 64.4 Å². The molecule has 3 aromatic rings. The molecule has 1 heterocycles. The summed E-state index contributed by atoms with van der Waals surface area (Å²) in [6.07, 6.45) is 1.98. The first-order chi connectivity index (χ1) is 12.5. The third-order valence-electron chi connectivity index (χ3n) is 4.42. The smallest absolute Gasteiger partial charge is 0.267 e. The molecule has 3 rings (SSSR count). The molecule has 0 atom stereocenters. The van der Waals surface area contributed by atoms with Crippen LogP contribution in [0.3, 0.4) is 0 Å². The molecule has 0 unspecified atom stereocenters. The van der Waals surface area contributed by atoms with Gasteiger partial charge in [-0.3, -0.25) is 9.59 Å². The number of amides is 1. The maximum Gasteiger partial charge on any atom is 0.267 e. The largest absolute Gasteiger partial charge is 0.495 e. The molecule has 1 amide bonds. The topological polar surface area (TPSA) is 51.5 Å². The van der Waals surface area contributed by atoms with Crippen LogP contribution in [0.5, 0.6) is 5.75 Å². The van der Waals surface area contributed by atoms with Gasteiger partial charge in [-0.1, -0.05) is 18.2 Å². The normalized spacial score (nSPS) is 10.8. The van der Waals surface area contributed by atoms with Gasteiger partial charge in [0.2, 0.25) is 0 Å². The number of carbonyl (C=O) groups excluding carboxylic acids is 1. The Labute approximate surface area is 156 Å². The number of aryl methyl sites for hydroxylation is 1. The summed E-state index contributed by atoms with van der Waals surface area (Å²) in [5.41, 5.74) is 1.09. The summed E-state index contributed by atoms with van der Waals surface area (Å²) >= 11 is 1.59. The second kappa shape index (κ2) is 7.25. The summed E-state index contributed by atoms with van der Waals surface area (Å²) in [6, 6.07) is 15.0. The van der Waals surface area contributed by atoms with Gasteiger partial charge in [0, 0.05) is 30.1 Å². The lowest BCUT2D eigenvalue weighted by molar-refractivity contribution is 0.0988. The number of fused-ring (bicyclic) bond motifs is 1. The molecule has 26 heavy (non-hydrogen) atoms. The minimum atomic E-state index is -0.398. The van der Waals surface area contributed by atoms with Crippen molar-refractivity contribution in [3.8, 4) is 5.75 Å². The fraction of sp³-hybridized carbons (Fsp3) is 0.200. The van der Waals surface area contributed by atoms with Crippen LogP contribution in [0.2, 0.25) is 0 Å². The van der Waals surface area contributed by atoms with Gasteiger partial charge in [-0.25, -0.2) is 0 Å². The maximum atomic E-state index is 13.1. The van der Waals surface area contributed by atoms with Crippen molar-refractivity contribution < 1.29 is 9.53 Å². The van der Waals surface area contributed by atoms with Gasteiger partial charge in [0.1, 0.15) is 11.3 Å². The standard InChI is InChI=1S/C20H20N2O3S/c1-21(13-8-6-5-7-9-13)19(23)17-18(25-3)15-12-14(26-4)10-11-16(15)22(2)20(17)24/h5-12H,1-4H3. The van der Waals surface area contributed by atoms with Crippen LogP contribution in [-0.4, -0.2) is 30.9 Å². The predicted molar refractivity (Wildman–Crippen MR) is 107 cm³/mol. The van der Waals surface area contributed by atoms with Crippen LogP contribution in [0.25, 0.3) is 10.9 Å². The Morgan fingerprint density at radius 2 is 1.85 bits per heavy atom. The Morgan fingerprint density at radius 3 is 2.46 bits per heavy atom. The average molecular weight is 368 g/mol. The highest BCUT2D eigenvalue weighted by Gasteiger charge is 2.25. The number of benzene rings is 2. The van der Waals surface area contributed by atoms with E-state index in [4.69, 9.17) is 4.74 Å². The maximum absolute atomic E-state index is 13.1. The van der Waals surface area contributed by atoms with Crippen LogP contribution in [0, 0.1) is 0 Å². The summed E-state index contributed by atoms with van der Waals surface area (Å²) < 4.78 is 7.03. The number of hydrogen-bond donors (Lipinski definition) is 0. The van der Waals surface area contributed by atoms with Gasteiger partial charge in [0.05, 0.1) is 12.6 Å². The molecule has 0 saturated heterocycles. The number of carbonyl (C=O) groups is 1. The van der Waals surface area contributed by atoms with E-state index < -0.39 is 5.91 Å². The molecular weight excluding hydrogens is 348 g/mol. The second-order valence-corrected chi connectivity index (χ2v) is 6.73. The fourth-order valence-electron chi connectivity index (χ4n) is 2.96. The molecule has 0 aliphatic carbocycles. The molecule has 0 radical (unpaired) electrons. The highest BCUT2D eigenvalue weighted by atomic mass is 32.2. The summed E-state index contributed by atoms with van der Waals surface area (Å²) in [5.74, 6) is -0.0862. The molecule has 6 heteroatoms. The lowest BCUT2D eigenvalue weighted by Gasteiger charge is -2.20. The van der Waals surface area contributed by atoms with E-state index in [1.807, 2.05) is 54.8 Å². The molecule has 0 saturated carbocycles. The number of pyridine rings is 1. The number of rotatable bonds is 4. The van der Waals surface area contributed by atoms with E-state index in [2.05, 4.69) is 0 Å². The van der Waals surface area contributed by atoms with Crippen molar-refractivity contribution in [2.24, 2.45) is 7.05 Å². The summed E-state index contributed by atoms with van der Waals surface area (Å²) in [7, 11) is 4.81. The quantitative estimate of drug-likeness (QED) is 0.661. The predicted octanol–water partition coefficient (Wildman–Crippen LogP) is 3.55. The number of nitrogens with zero attached hydrogens (tertiary/aromatic N) is 2. The Morgan fingerprint density at radius 1 is 1.15 bits per heavy atom. The van der Waals surface area contributed by atoms with Gasteiger partial charge >= 0.3 is 0 Å². The van der Waals surface area contributed by atoms with Crippen LogP contribution in [0.1, 0.15) is 10.4 Å². The van der Waals surface area contributed by atoms with E-state index >= 15 is 0 Å². The minimum absolute atomic E-state index is 0.0344. The fourth-order valence-corrected chi connectivity index (χ4v) is 3.40. The number of anilines is 1. The van der Waals surface area contributed by atoms with Crippen LogP contribution in [0.4, 0.5) is 5.69 Å². The lowest BCUT2D eigenvalue weighted by Crippen LogP contribution is -2.34. The van der Waals surface area contributed by atoms with Crippen LogP contribution in [0.15, 0.2) is 58.2 Å². The molecule has 134 valence electrons. The Balaban J connectivity index is 2.26. The first-order valence-electron chi connectivity index (χ1n) is 8.07. The van der Waals surface area contributed by atoms with Gasteiger partial charge in [-0.2, -0.15) is 0 Å². The van der Waals surface area contributed by atoms with Gasteiger partial charge in [0.25, 0.3) is 11.5 Å². The van der Waals surface area contributed by atoms with Crippen molar-refractivity contribution in [1.82, 2.24) is 4.57 Å². The molecule has 0 aliphatic heterocycles. The van der Waals surface area contributed by atoms with Crippen molar-refractivity contribution in [2.45, 2.75) is 4.90 Å². The molecule has 0 N–H and O–H groups in total. The number of hydrogen-bond acceptors (Lipinski definition) is 4. The summed E-state index contributed by atoms with van der Waals surface area (Å²) in [5, 5.41) is 0.742. The third-order valence-corrected chi connectivity index (χ3v) is 5.15. The van der Waals surface area contributed by atoms with E-state index in [1.54, 1.807) is 25.9 Å². The minimum Gasteiger partial charge on any atom is -0.495 e. The zero-order chi connectivity index (χ0) is 18.8. The molecule has 2 aromatic carbocycles. The highest BCUT2D eigenvalue weighted by molar-refractivity contribution is 7.98. The van der Waals surface area contributed by atoms with Crippen molar-refractivity contribution >= 4 is 34.3 Å². The monoisotopic (exact) mass is 368 g/mol. The second-order valence-electron chi connectivity index (χ2n) is 5.86. The Bertz CT molecular complexity index is 1030. The van der Waals surface area contributed by atoms with Crippen molar-refractivity contribution in [2.75, 3.05) is 25.3 Å². The highest BCUT2D eigenvalue weighted by Crippen LogP contribution is 2.31. The molecule has 1 aromatic heterocycles. The molecule has 0 spiro atoms. The Kier molecular flexibility index (Phi) is 5.04. The molecule has 0 aliphatic rings. The average Bonchev–Trinajstić information content (AvgIpc) is 2.69. The lowest BCUT2D eigenvalue weighted by atomic mass is 10.1. The van der Waals surface area contributed by atoms with Gasteiger partial charge in [0.15, 0.2) is 0 Å².